The first-order chi connectivity index (χ1) is 9.84. The van der Waals surface area contributed by atoms with Crippen molar-refractivity contribution in [3.63, 3.8) is 0 Å². The number of carboxylic acid groups (broad SMARTS) is 1. The summed E-state index contributed by atoms with van der Waals surface area (Å²) in [5, 5.41) is 19.1. The van der Waals surface area contributed by atoms with Gasteiger partial charge in [0, 0.05) is 0 Å². The molecule has 6 nitrogen and oxygen atoms in total. The largest absolute Gasteiger partial charge is 0.480 e. The summed E-state index contributed by atoms with van der Waals surface area (Å²) in [7, 11) is 0. The number of aromatic nitrogens is 2. The summed E-state index contributed by atoms with van der Waals surface area (Å²) >= 11 is 11.5. The number of hydrogen-bond donors (Lipinski definition) is 2. The van der Waals surface area contributed by atoms with E-state index in [0.717, 1.165) is 12.8 Å². The molecule has 1 amide bonds. The van der Waals surface area contributed by atoms with E-state index >= 15 is 0 Å². The van der Waals surface area contributed by atoms with Crippen LogP contribution in [0.4, 0.5) is 0 Å². The number of halogens is 2. The highest BCUT2D eigenvalue weighted by atomic mass is 35.5. The van der Waals surface area contributed by atoms with Crippen LogP contribution in [-0.2, 0) is 4.79 Å². The molecular weight excluding hydrogens is 317 g/mol. The molecule has 1 aromatic heterocycles. The molecule has 0 aliphatic heterocycles. The van der Waals surface area contributed by atoms with Crippen molar-refractivity contribution in [2.24, 2.45) is 5.92 Å². The van der Waals surface area contributed by atoms with Crippen molar-refractivity contribution < 1.29 is 14.7 Å². The molecule has 1 fully saturated rings. The molecule has 2 rings (SSSR count). The van der Waals surface area contributed by atoms with Gasteiger partial charge in [0.15, 0.2) is 10.3 Å². The molecule has 2 N–H and O–H groups in total. The fourth-order valence-corrected chi connectivity index (χ4v) is 3.03. The maximum Gasteiger partial charge on any atom is 0.329 e. The molecule has 21 heavy (non-hydrogen) atoms. The number of carboxylic acids is 1. The Bertz CT molecular complexity index is 582. The fraction of sp³-hybridized carbons (Fsp3) is 0.538. The number of rotatable bonds is 3. The van der Waals surface area contributed by atoms with Crippen LogP contribution in [0.25, 0.3) is 0 Å². The molecule has 0 radical (unpaired) electrons. The van der Waals surface area contributed by atoms with Gasteiger partial charge in [-0.25, -0.2) is 4.79 Å². The van der Waals surface area contributed by atoms with Crippen LogP contribution in [-0.4, -0.2) is 32.7 Å². The van der Waals surface area contributed by atoms with Crippen LogP contribution in [0, 0.1) is 5.92 Å². The molecule has 8 heteroatoms. The van der Waals surface area contributed by atoms with E-state index in [1.165, 1.54) is 6.07 Å². The van der Waals surface area contributed by atoms with E-state index in [4.69, 9.17) is 23.2 Å². The van der Waals surface area contributed by atoms with E-state index in [0.29, 0.717) is 12.8 Å². The Morgan fingerprint density at radius 2 is 2.14 bits per heavy atom. The number of amides is 1. The van der Waals surface area contributed by atoms with Gasteiger partial charge in [-0.2, -0.15) is 0 Å². The third-order valence-corrected chi connectivity index (χ3v) is 4.19. The van der Waals surface area contributed by atoms with Crippen molar-refractivity contribution in [2.45, 2.75) is 38.1 Å². The lowest BCUT2D eigenvalue weighted by atomic mass is 9.76. The predicted octanol–water partition coefficient (Wildman–Crippen LogP) is 2.55. The van der Waals surface area contributed by atoms with Gasteiger partial charge in [-0.15, -0.1) is 10.2 Å². The molecule has 1 aliphatic carbocycles. The Labute approximate surface area is 131 Å². The minimum absolute atomic E-state index is 0.0194. The molecule has 0 aromatic carbocycles. The van der Waals surface area contributed by atoms with Gasteiger partial charge in [0.05, 0.1) is 5.56 Å². The van der Waals surface area contributed by atoms with Crippen LogP contribution in [0.5, 0.6) is 0 Å². The first-order valence-corrected chi connectivity index (χ1v) is 7.34. The van der Waals surface area contributed by atoms with E-state index in [1.54, 1.807) is 0 Å². The summed E-state index contributed by atoms with van der Waals surface area (Å²) in [5.74, 6) is -1.41. The lowest BCUT2D eigenvalue weighted by Crippen LogP contribution is -2.56. The van der Waals surface area contributed by atoms with Crippen molar-refractivity contribution in [2.75, 3.05) is 0 Å². The average molecular weight is 332 g/mol. The van der Waals surface area contributed by atoms with Crippen molar-refractivity contribution >= 4 is 35.1 Å². The quantitative estimate of drug-likeness (QED) is 0.887. The van der Waals surface area contributed by atoms with Crippen LogP contribution in [0.1, 0.15) is 43.0 Å². The summed E-state index contributed by atoms with van der Waals surface area (Å²) in [5.41, 5.74) is -1.25. The second-order valence-electron chi connectivity index (χ2n) is 5.41. The molecule has 2 unspecified atom stereocenters. The monoisotopic (exact) mass is 331 g/mol. The molecule has 1 aromatic rings. The lowest BCUT2D eigenvalue weighted by Gasteiger charge is -2.37. The highest BCUT2D eigenvalue weighted by Gasteiger charge is 2.43. The Kier molecular flexibility index (Phi) is 4.68. The number of nitrogens with zero attached hydrogens (tertiary/aromatic N) is 2. The van der Waals surface area contributed by atoms with Crippen LogP contribution in [0.3, 0.4) is 0 Å². The van der Waals surface area contributed by atoms with Gasteiger partial charge in [-0.1, -0.05) is 43.0 Å². The normalized spacial score (nSPS) is 25.4. The Morgan fingerprint density at radius 1 is 1.43 bits per heavy atom. The van der Waals surface area contributed by atoms with E-state index in [9.17, 15) is 14.7 Å². The smallest absolute Gasteiger partial charge is 0.329 e. The zero-order valence-electron chi connectivity index (χ0n) is 11.4. The van der Waals surface area contributed by atoms with Gasteiger partial charge < -0.3 is 10.4 Å². The van der Waals surface area contributed by atoms with E-state index in [-0.39, 0.29) is 21.8 Å². The first-order valence-electron chi connectivity index (χ1n) is 6.59. The standard InChI is InChI=1S/C13H15Cl2N3O3/c1-7-3-2-4-13(6-7,12(20)21)16-11(19)8-5-9(14)17-18-10(8)15/h5,7H,2-4,6H2,1H3,(H,16,19)(H,20,21). The third kappa shape index (κ3) is 3.44. The van der Waals surface area contributed by atoms with Gasteiger partial charge in [-0.3, -0.25) is 4.79 Å². The van der Waals surface area contributed by atoms with Gasteiger partial charge in [0.25, 0.3) is 5.91 Å². The Morgan fingerprint density at radius 3 is 2.76 bits per heavy atom. The molecule has 1 saturated carbocycles. The van der Waals surface area contributed by atoms with Crippen molar-refractivity contribution in [1.29, 1.82) is 0 Å². The van der Waals surface area contributed by atoms with E-state index in [2.05, 4.69) is 15.5 Å². The molecular formula is C13H15Cl2N3O3. The minimum atomic E-state index is -1.27. The van der Waals surface area contributed by atoms with Crippen molar-refractivity contribution in [3.8, 4) is 0 Å². The molecule has 114 valence electrons. The summed E-state index contributed by atoms with van der Waals surface area (Å²) in [4.78, 5) is 24.0. The zero-order valence-corrected chi connectivity index (χ0v) is 12.9. The SMILES string of the molecule is CC1CCCC(NC(=O)c2cc(Cl)nnc2Cl)(C(=O)O)C1. The van der Waals surface area contributed by atoms with Crippen LogP contribution < -0.4 is 5.32 Å². The number of nitrogens with one attached hydrogen (secondary N) is 1. The summed E-state index contributed by atoms with van der Waals surface area (Å²) in [6, 6.07) is 1.27. The van der Waals surface area contributed by atoms with Gasteiger partial charge >= 0.3 is 5.97 Å². The topological polar surface area (TPSA) is 92.2 Å². The van der Waals surface area contributed by atoms with Gasteiger partial charge in [0.1, 0.15) is 5.54 Å². The predicted molar refractivity (Wildman–Crippen MR) is 77.5 cm³/mol. The average Bonchev–Trinajstić information content (AvgIpc) is 2.41. The summed E-state index contributed by atoms with van der Waals surface area (Å²) in [6.07, 6.45) is 2.48. The Hall–Kier alpha value is -1.40. The lowest BCUT2D eigenvalue weighted by molar-refractivity contribution is -0.146. The summed E-state index contributed by atoms with van der Waals surface area (Å²) in [6.45, 7) is 1.97. The Balaban J connectivity index is 2.27. The summed E-state index contributed by atoms with van der Waals surface area (Å²) < 4.78 is 0. The van der Waals surface area contributed by atoms with E-state index < -0.39 is 17.4 Å². The molecule has 0 saturated heterocycles. The first kappa shape index (κ1) is 16.0. The zero-order chi connectivity index (χ0) is 15.6. The molecule has 1 heterocycles. The molecule has 1 aliphatic rings. The molecule has 2 atom stereocenters. The van der Waals surface area contributed by atoms with E-state index in [1.807, 2.05) is 6.92 Å². The second-order valence-corrected chi connectivity index (χ2v) is 6.16. The number of carbonyl (C=O) groups is 2. The minimum Gasteiger partial charge on any atom is -0.480 e. The fourth-order valence-electron chi connectivity index (χ4n) is 2.71. The van der Waals surface area contributed by atoms with Gasteiger partial charge in [0.2, 0.25) is 0 Å². The maximum absolute atomic E-state index is 12.3. The van der Waals surface area contributed by atoms with Crippen molar-refractivity contribution in [3.05, 3.63) is 21.9 Å². The second kappa shape index (κ2) is 6.15. The van der Waals surface area contributed by atoms with Crippen LogP contribution in [0.2, 0.25) is 10.3 Å². The highest BCUT2D eigenvalue weighted by Crippen LogP contribution is 2.33. The van der Waals surface area contributed by atoms with Crippen LogP contribution >= 0.6 is 23.2 Å². The van der Waals surface area contributed by atoms with Gasteiger partial charge in [-0.05, 0) is 24.8 Å². The third-order valence-electron chi connectivity index (χ3n) is 3.72. The maximum atomic E-state index is 12.3. The number of carbonyl (C=O) groups excluding carboxylic acids is 1. The highest BCUT2D eigenvalue weighted by molar-refractivity contribution is 6.34. The number of hydrogen-bond acceptors (Lipinski definition) is 4. The molecule has 0 spiro atoms. The van der Waals surface area contributed by atoms with Crippen molar-refractivity contribution in [1.82, 2.24) is 15.5 Å². The number of aliphatic carboxylic acids is 1. The molecule has 0 bridgehead atoms. The van der Waals surface area contributed by atoms with Crippen LogP contribution in [0.15, 0.2) is 6.07 Å².